The summed E-state index contributed by atoms with van der Waals surface area (Å²) in [6.07, 6.45) is 0.564. The minimum atomic E-state index is -0.716. The van der Waals surface area contributed by atoms with Gasteiger partial charge in [0.05, 0.1) is 29.1 Å². The summed E-state index contributed by atoms with van der Waals surface area (Å²) in [7, 11) is 0. The van der Waals surface area contributed by atoms with Crippen molar-refractivity contribution in [2.45, 2.75) is 38.3 Å². The number of hydrogen-bond donors (Lipinski definition) is 1. The van der Waals surface area contributed by atoms with Crippen LogP contribution >= 0.6 is 12.2 Å². The van der Waals surface area contributed by atoms with E-state index in [1.54, 1.807) is 6.07 Å². The molecule has 1 unspecified atom stereocenters. The lowest BCUT2D eigenvalue weighted by atomic mass is 9.81. The predicted octanol–water partition coefficient (Wildman–Crippen LogP) is 6.33. The Morgan fingerprint density at radius 1 is 0.938 bits per heavy atom. The van der Waals surface area contributed by atoms with Gasteiger partial charge in [-0.3, -0.25) is 0 Å². The maximum atomic E-state index is 15.1. The molecule has 1 saturated heterocycles. The first-order chi connectivity index (χ1) is 15.3. The molecule has 3 aromatic carbocycles. The molecule has 1 aliphatic rings. The summed E-state index contributed by atoms with van der Waals surface area (Å²) in [4.78, 5) is 5.53. The summed E-state index contributed by atoms with van der Waals surface area (Å²) in [6, 6.07) is 25.1. The molecule has 0 amide bonds. The van der Waals surface area contributed by atoms with Gasteiger partial charge in [-0.1, -0.05) is 72.9 Å². The molecule has 3 aromatic rings. The molecule has 3 nitrogen and oxygen atoms in total. The van der Waals surface area contributed by atoms with E-state index in [-0.39, 0.29) is 5.82 Å². The summed E-state index contributed by atoms with van der Waals surface area (Å²) in [5.74, 6) is -0.291. The van der Waals surface area contributed by atoms with E-state index in [9.17, 15) is 0 Å². The Hall–Kier alpha value is -2.89. The molecule has 0 radical (unpaired) electrons. The fourth-order valence-corrected chi connectivity index (χ4v) is 4.62. The predicted molar refractivity (Wildman–Crippen MR) is 132 cm³/mol. The molecule has 1 N–H and O–H groups in total. The molecule has 0 aromatic heterocycles. The van der Waals surface area contributed by atoms with E-state index < -0.39 is 11.1 Å². The standard InChI is InChI=1S/C27H27FN2OS/c1-26(2)18-27(3,30-24(32)17-31-26)22-16-21(14-15-23(22)28)29-25(19-10-6-4-7-11-19)20-12-8-5-9-13-20/h4-16H,17-18H2,1-3H3,(H,30,32). The fourth-order valence-electron chi connectivity index (χ4n) is 4.34. The van der Waals surface area contributed by atoms with Gasteiger partial charge in [0.25, 0.3) is 0 Å². The number of benzene rings is 3. The van der Waals surface area contributed by atoms with Crippen molar-refractivity contribution in [1.29, 1.82) is 0 Å². The summed E-state index contributed by atoms with van der Waals surface area (Å²) in [5, 5.41) is 3.33. The zero-order chi connectivity index (χ0) is 22.8. The average Bonchev–Trinajstić information content (AvgIpc) is 2.88. The third kappa shape index (κ3) is 4.95. The van der Waals surface area contributed by atoms with E-state index >= 15 is 4.39 Å². The van der Waals surface area contributed by atoms with Gasteiger partial charge in [-0.05, 0) is 39.0 Å². The number of thiocarbonyl (C=S) groups is 1. The fraction of sp³-hybridized carbons (Fsp3) is 0.259. The Morgan fingerprint density at radius 2 is 1.53 bits per heavy atom. The highest BCUT2D eigenvalue weighted by Gasteiger charge is 2.39. The molecule has 1 aliphatic heterocycles. The molecule has 164 valence electrons. The quantitative estimate of drug-likeness (QED) is 0.376. The van der Waals surface area contributed by atoms with Crippen LogP contribution in [0.25, 0.3) is 0 Å². The Balaban J connectivity index is 1.82. The van der Waals surface area contributed by atoms with Crippen LogP contribution in [0.5, 0.6) is 0 Å². The topological polar surface area (TPSA) is 33.6 Å². The van der Waals surface area contributed by atoms with Crippen LogP contribution in [0.2, 0.25) is 0 Å². The maximum Gasteiger partial charge on any atom is 0.128 e. The number of ether oxygens (including phenoxy) is 1. The molecular formula is C27H27FN2OS. The third-order valence-electron chi connectivity index (χ3n) is 5.67. The Labute approximate surface area is 194 Å². The van der Waals surface area contributed by atoms with Gasteiger partial charge in [-0.2, -0.15) is 0 Å². The van der Waals surface area contributed by atoms with Gasteiger partial charge in [-0.15, -0.1) is 0 Å². The summed E-state index contributed by atoms with van der Waals surface area (Å²) < 4.78 is 21.0. The largest absolute Gasteiger partial charge is 0.368 e. The molecule has 32 heavy (non-hydrogen) atoms. The number of nitrogens with zero attached hydrogens (tertiary/aromatic N) is 1. The summed E-state index contributed by atoms with van der Waals surface area (Å²) >= 11 is 5.43. The van der Waals surface area contributed by atoms with Gasteiger partial charge in [0.15, 0.2) is 0 Å². The van der Waals surface area contributed by atoms with Crippen LogP contribution < -0.4 is 5.32 Å². The van der Waals surface area contributed by atoms with Crippen molar-refractivity contribution in [2.24, 2.45) is 4.99 Å². The lowest BCUT2D eigenvalue weighted by Crippen LogP contribution is -2.45. The highest BCUT2D eigenvalue weighted by Crippen LogP contribution is 2.37. The molecule has 0 saturated carbocycles. The van der Waals surface area contributed by atoms with Crippen molar-refractivity contribution in [1.82, 2.24) is 5.32 Å². The monoisotopic (exact) mass is 446 g/mol. The number of aliphatic imine (C=N–C) groups is 1. The van der Waals surface area contributed by atoms with Crippen molar-refractivity contribution in [2.75, 3.05) is 6.61 Å². The molecule has 0 spiro atoms. The first-order valence-electron chi connectivity index (χ1n) is 10.7. The second-order valence-electron chi connectivity index (χ2n) is 8.96. The van der Waals surface area contributed by atoms with Crippen molar-refractivity contribution in [3.05, 3.63) is 101 Å². The number of halogens is 1. The van der Waals surface area contributed by atoms with E-state index in [0.717, 1.165) is 16.8 Å². The van der Waals surface area contributed by atoms with E-state index in [2.05, 4.69) is 5.32 Å². The molecule has 5 heteroatoms. The second kappa shape index (κ2) is 8.93. The zero-order valence-corrected chi connectivity index (χ0v) is 19.4. The van der Waals surface area contributed by atoms with Crippen molar-refractivity contribution < 1.29 is 9.13 Å². The maximum absolute atomic E-state index is 15.1. The second-order valence-corrected chi connectivity index (χ2v) is 9.45. The van der Waals surface area contributed by atoms with Gasteiger partial charge in [0.2, 0.25) is 0 Å². The van der Waals surface area contributed by atoms with Crippen molar-refractivity contribution in [3.8, 4) is 0 Å². The molecule has 0 bridgehead atoms. The number of nitrogens with one attached hydrogen (secondary N) is 1. The Kier molecular flexibility index (Phi) is 6.22. The van der Waals surface area contributed by atoms with Crippen LogP contribution in [0, 0.1) is 5.82 Å². The van der Waals surface area contributed by atoms with Crippen LogP contribution in [0.1, 0.15) is 43.9 Å². The van der Waals surface area contributed by atoms with Gasteiger partial charge in [0, 0.05) is 23.1 Å². The van der Waals surface area contributed by atoms with E-state index in [4.69, 9.17) is 21.9 Å². The highest BCUT2D eigenvalue weighted by atomic mass is 32.1. The minimum absolute atomic E-state index is 0.291. The lowest BCUT2D eigenvalue weighted by molar-refractivity contribution is -0.00903. The van der Waals surface area contributed by atoms with Crippen LogP contribution in [-0.4, -0.2) is 22.9 Å². The number of rotatable bonds is 4. The first kappa shape index (κ1) is 22.3. The van der Waals surface area contributed by atoms with Crippen molar-refractivity contribution in [3.63, 3.8) is 0 Å². The SMILES string of the molecule is CC1(C)CC(C)(c2cc(N=C(c3ccccc3)c3ccccc3)ccc2F)NC(=S)CO1. The molecule has 1 heterocycles. The van der Waals surface area contributed by atoms with E-state index in [0.29, 0.717) is 29.3 Å². The third-order valence-corrected chi connectivity index (χ3v) is 5.89. The molecule has 1 fully saturated rings. The van der Waals surface area contributed by atoms with E-state index in [1.807, 2.05) is 87.5 Å². The summed E-state index contributed by atoms with van der Waals surface area (Å²) in [5.41, 5.74) is 2.88. The number of hydrogen-bond acceptors (Lipinski definition) is 3. The highest BCUT2D eigenvalue weighted by molar-refractivity contribution is 7.80. The van der Waals surface area contributed by atoms with E-state index in [1.165, 1.54) is 6.07 Å². The summed E-state index contributed by atoms with van der Waals surface area (Å²) in [6.45, 7) is 6.30. The molecule has 4 rings (SSSR count). The average molecular weight is 447 g/mol. The van der Waals surface area contributed by atoms with Gasteiger partial charge < -0.3 is 10.1 Å². The zero-order valence-electron chi connectivity index (χ0n) is 18.6. The van der Waals surface area contributed by atoms with Gasteiger partial charge in [0.1, 0.15) is 10.8 Å². The minimum Gasteiger partial charge on any atom is -0.368 e. The van der Waals surface area contributed by atoms with Gasteiger partial charge >= 0.3 is 0 Å². The van der Waals surface area contributed by atoms with Crippen LogP contribution in [0.3, 0.4) is 0 Å². The molecule has 1 atom stereocenters. The van der Waals surface area contributed by atoms with Crippen molar-refractivity contribution >= 4 is 28.6 Å². The van der Waals surface area contributed by atoms with Crippen LogP contribution in [-0.2, 0) is 10.3 Å². The molecule has 0 aliphatic carbocycles. The Bertz CT molecular complexity index is 1100. The smallest absolute Gasteiger partial charge is 0.128 e. The molecular weight excluding hydrogens is 419 g/mol. The van der Waals surface area contributed by atoms with Gasteiger partial charge in [-0.25, -0.2) is 9.38 Å². The normalized spacial score (nSPS) is 20.2. The lowest BCUT2D eigenvalue weighted by Gasteiger charge is -2.35. The Morgan fingerprint density at radius 3 is 2.12 bits per heavy atom. The first-order valence-corrected chi connectivity index (χ1v) is 11.1. The van der Waals surface area contributed by atoms with Crippen LogP contribution in [0.4, 0.5) is 10.1 Å². The van der Waals surface area contributed by atoms with Crippen LogP contribution in [0.15, 0.2) is 83.9 Å².